The molecule has 0 rings (SSSR count). The van der Waals surface area contributed by atoms with Gasteiger partial charge in [0.15, 0.2) is 0 Å². The Morgan fingerprint density at radius 2 is 1.67 bits per heavy atom. The molecule has 2 nitrogen and oxygen atoms in total. The van der Waals surface area contributed by atoms with Crippen molar-refractivity contribution in [1.29, 1.82) is 0 Å². The standard InChI is InChI=1S/C2H3O2S2/c3-1(4)2(5)6/h2,5-6H. The van der Waals surface area contributed by atoms with E-state index in [2.05, 4.69) is 25.3 Å². The van der Waals surface area contributed by atoms with Gasteiger partial charge in [0.05, 0.1) is 0 Å². The van der Waals surface area contributed by atoms with Gasteiger partial charge >= 0.3 is 5.97 Å². The average Bonchev–Trinajstić information content (AvgIpc) is 1.36. The molecular weight excluding hydrogens is 120 g/mol. The fraction of sp³-hybridized carbons (Fsp3) is 0.500. The second-order valence-corrected chi connectivity index (χ2v) is 2.13. The Balaban J connectivity index is 3.26. The van der Waals surface area contributed by atoms with Crippen molar-refractivity contribution in [2.75, 3.05) is 0 Å². The van der Waals surface area contributed by atoms with E-state index in [0.29, 0.717) is 0 Å². The van der Waals surface area contributed by atoms with Crippen molar-refractivity contribution in [2.45, 2.75) is 4.58 Å². The first-order valence-corrected chi connectivity index (χ1v) is 2.25. The summed E-state index contributed by atoms with van der Waals surface area (Å²) in [5.41, 5.74) is 0. The maximum Gasteiger partial charge on any atom is 0.377 e. The molecule has 0 aliphatic carbocycles. The molecule has 0 aromatic heterocycles. The SMILES string of the molecule is [O]C(=O)C(S)S. The van der Waals surface area contributed by atoms with E-state index in [9.17, 15) is 9.90 Å². The van der Waals surface area contributed by atoms with Gasteiger partial charge in [-0.15, -0.1) is 0 Å². The predicted molar refractivity (Wildman–Crippen MR) is 27.5 cm³/mol. The highest BCUT2D eigenvalue weighted by Crippen LogP contribution is 1.97. The third kappa shape index (κ3) is 2.41. The maximum absolute atomic E-state index is 9.44. The number of hydrogen-bond donors (Lipinski definition) is 2. The molecule has 1 radical (unpaired) electrons. The molecule has 6 heavy (non-hydrogen) atoms. The molecule has 0 aliphatic rings. The van der Waals surface area contributed by atoms with E-state index in [4.69, 9.17) is 0 Å². The lowest BCUT2D eigenvalue weighted by Crippen LogP contribution is -2.02. The van der Waals surface area contributed by atoms with Crippen LogP contribution < -0.4 is 0 Å². The average molecular weight is 123 g/mol. The smallest absolute Gasteiger partial charge is 0.245 e. The summed E-state index contributed by atoms with van der Waals surface area (Å²) in [7, 11) is 0. The van der Waals surface area contributed by atoms with Gasteiger partial charge in [0.1, 0.15) is 4.58 Å². The minimum absolute atomic E-state index is 0.954. The molecule has 0 atom stereocenters. The molecule has 4 heteroatoms. The van der Waals surface area contributed by atoms with E-state index in [-0.39, 0.29) is 0 Å². The lowest BCUT2D eigenvalue weighted by Gasteiger charge is -1.83. The molecule has 0 amide bonds. The summed E-state index contributed by atoms with van der Waals surface area (Å²) < 4.78 is -0.954. The van der Waals surface area contributed by atoms with E-state index in [1.807, 2.05) is 0 Å². The number of rotatable bonds is 1. The third-order valence-corrected chi connectivity index (χ3v) is 0.632. The second-order valence-electron chi connectivity index (χ2n) is 0.693. The van der Waals surface area contributed by atoms with Crippen LogP contribution in [0.15, 0.2) is 0 Å². The van der Waals surface area contributed by atoms with Crippen molar-refractivity contribution >= 4 is 31.2 Å². The van der Waals surface area contributed by atoms with Gasteiger partial charge in [-0.1, -0.05) is 0 Å². The number of carbonyl (C=O) groups is 1. The van der Waals surface area contributed by atoms with Crippen LogP contribution in [0.4, 0.5) is 0 Å². The summed E-state index contributed by atoms with van der Waals surface area (Å²) >= 11 is 6.79. The van der Waals surface area contributed by atoms with Crippen LogP contribution in [-0.2, 0) is 9.90 Å². The monoisotopic (exact) mass is 123 g/mol. The summed E-state index contributed by atoms with van der Waals surface area (Å²) in [4.78, 5) is 9.44. The van der Waals surface area contributed by atoms with Crippen molar-refractivity contribution in [3.63, 3.8) is 0 Å². The first-order valence-electron chi connectivity index (χ1n) is 1.21. The van der Waals surface area contributed by atoms with Gasteiger partial charge < -0.3 is 0 Å². The first kappa shape index (κ1) is 6.17. The zero-order valence-corrected chi connectivity index (χ0v) is 4.58. The zero-order chi connectivity index (χ0) is 5.15. The topological polar surface area (TPSA) is 37.0 Å². The molecular formula is C2H3O2S2. The largest absolute Gasteiger partial charge is 0.377 e. The molecule has 0 bridgehead atoms. The lowest BCUT2D eigenvalue weighted by molar-refractivity contribution is -0.140. The van der Waals surface area contributed by atoms with Gasteiger partial charge in [-0.25, -0.2) is 9.90 Å². The molecule has 0 aliphatic heterocycles. The molecule has 0 unspecified atom stereocenters. The van der Waals surface area contributed by atoms with E-state index >= 15 is 0 Å². The summed E-state index contributed by atoms with van der Waals surface area (Å²) in [6.45, 7) is 0. The molecule has 0 heterocycles. The van der Waals surface area contributed by atoms with Crippen LogP contribution >= 0.6 is 25.3 Å². The molecule has 0 fully saturated rings. The number of carbonyl (C=O) groups excluding carboxylic acids is 1. The van der Waals surface area contributed by atoms with Crippen molar-refractivity contribution in [3.05, 3.63) is 0 Å². The molecule has 0 spiro atoms. The van der Waals surface area contributed by atoms with Gasteiger partial charge in [0, 0.05) is 0 Å². The Morgan fingerprint density at radius 3 is 1.67 bits per heavy atom. The molecule has 0 saturated heterocycles. The molecule has 35 valence electrons. The van der Waals surface area contributed by atoms with E-state index in [1.165, 1.54) is 0 Å². The fourth-order valence-corrected chi connectivity index (χ4v) is 0. The fourth-order valence-electron chi connectivity index (χ4n) is 0. The molecule has 0 aromatic carbocycles. The Kier molecular flexibility index (Phi) is 2.43. The summed E-state index contributed by atoms with van der Waals surface area (Å²) in [5.74, 6) is -1.26. The van der Waals surface area contributed by atoms with Crippen LogP contribution in [0.25, 0.3) is 0 Å². The summed E-state index contributed by atoms with van der Waals surface area (Å²) in [6, 6.07) is 0. The normalized spacial score (nSPS) is 9.17. The van der Waals surface area contributed by atoms with E-state index < -0.39 is 10.6 Å². The summed E-state index contributed by atoms with van der Waals surface area (Å²) in [5, 5.41) is 9.44. The zero-order valence-electron chi connectivity index (χ0n) is 2.79. The molecule has 0 N–H and O–H groups in total. The van der Waals surface area contributed by atoms with Crippen LogP contribution in [-0.4, -0.2) is 10.6 Å². The van der Waals surface area contributed by atoms with Crippen LogP contribution in [0.5, 0.6) is 0 Å². The van der Waals surface area contributed by atoms with Crippen molar-refractivity contribution in [3.8, 4) is 0 Å². The van der Waals surface area contributed by atoms with Crippen molar-refractivity contribution in [2.24, 2.45) is 0 Å². The maximum atomic E-state index is 9.44. The van der Waals surface area contributed by atoms with Gasteiger partial charge in [-0.2, -0.15) is 25.3 Å². The quantitative estimate of drug-likeness (QED) is 0.377. The number of thiol groups is 2. The number of hydrogen-bond acceptors (Lipinski definition) is 3. The Hall–Kier alpha value is 0.170. The van der Waals surface area contributed by atoms with Crippen LogP contribution in [0.3, 0.4) is 0 Å². The Bertz CT molecular complexity index is 60.6. The minimum atomic E-state index is -1.26. The highest BCUT2D eigenvalue weighted by atomic mass is 32.2. The van der Waals surface area contributed by atoms with Gasteiger partial charge in [-0.05, 0) is 0 Å². The first-order chi connectivity index (χ1) is 2.64. The van der Waals surface area contributed by atoms with Crippen LogP contribution in [0.2, 0.25) is 0 Å². The Morgan fingerprint density at radius 1 is 1.50 bits per heavy atom. The minimum Gasteiger partial charge on any atom is -0.245 e. The van der Waals surface area contributed by atoms with Gasteiger partial charge in [0.25, 0.3) is 0 Å². The molecule has 0 aromatic rings. The van der Waals surface area contributed by atoms with Gasteiger partial charge in [0.2, 0.25) is 0 Å². The second kappa shape index (κ2) is 2.36. The van der Waals surface area contributed by atoms with Crippen molar-refractivity contribution < 1.29 is 9.90 Å². The third-order valence-electron chi connectivity index (χ3n) is 0.211. The van der Waals surface area contributed by atoms with E-state index in [1.54, 1.807) is 0 Å². The van der Waals surface area contributed by atoms with Crippen molar-refractivity contribution in [1.82, 2.24) is 0 Å². The summed E-state index contributed by atoms with van der Waals surface area (Å²) in [6.07, 6.45) is 0. The highest BCUT2D eigenvalue weighted by Gasteiger charge is 2.05. The van der Waals surface area contributed by atoms with Crippen LogP contribution in [0.1, 0.15) is 0 Å². The predicted octanol–water partition coefficient (Wildman–Crippen LogP) is 0.129. The Labute approximate surface area is 46.4 Å². The lowest BCUT2D eigenvalue weighted by atomic mass is 10.8. The highest BCUT2D eigenvalue weighted by molar-refractivity contribution is 8.00. The van der Waals surface area contributed by atoms with Crippen LogP contribution in [0, 0.1) is 0 Å². The molecule has 0 saturated carbocycles. The van der Waals surface area contributed by atoms with E-state index in [0.717, 1.165) is 0 Å². The van der Waals surface area contributed by atoms with Gasteiger partial charge in [-0.3, -0.25) is 0 Å².